The van der Waals surface area contributed by atoms with Gasteiger partial charge in [-0.25, -0.2) is 25.5 Å². The third kappa shape index (κ3) is 6.25. The third-order valence-electron chi connectivity index (χ3n) is 3.68. The summed E-state index contributed by atoms with van der Waals surface area (Å²) in [6.45, 7) is -0.109. The topological polar surface area (TPSA) is 107 Å². The highest BCUT2D eigenvalue weighted by Crippen LogP contribution is 2.31. The van der Waals surface area contributed by atoms with Crippen LogP contribution in [0.2, 0.25) is 0 Å². The summed E-state index contributed by atoms with van der Waals surface area (Å²) in [6, 6.07) is 11.3. The van der Waals surface area contributed by atoms with Gasteiger partial charge >= 0.3 is 0 Å². The highest BCUT2D eigenvalue weighted by molar-refractivity contribution is 7.91. The Hall–Kier alpha value is -1.98. The molecule has 0 aromatic heterocycles. The van der Waals surface area contributed by atoms with Crippen LogP contribution in [0.4, 0.5) is 4.39 Å². The van der Waals surface area contributed by atoms with Gasteiger partial charge in [0.1, 0.15) is 28.0 Å². The summed E-state index contributed by atoms with van der Waals surface area (Å²) in [5.41, 5.74) is 5.20. The maximum atomic E-state index is 13.7. The molecule has 0 fully saturated rings. The molecule has 0 saturated heterocycles. The second kappa shape index (κ2) is 10.2. The van der Waals surface area contributed by atoms with Crippen LogP contribution in [0.1, 0.15) is 0 Å². The van der Waals surface area contributed by atoms with Gasteiger partial charge in [0, 0.05) is 20.6 Å². The van der Waals surface area contributed by atoms with E-state index in [1.54, 1.807) is 6.07 Å². The average molecular weight is 465 g/mol. The molecule has 0 amide bonds. The molecule has 0 atom stereocenters. The summed E-state index contributed by atoms with van der Waals surface area (Å²) in [7, 11) is -4.76. The quantitative estimate of drug-likeness (QED) is 0.643. The Morgan fingerprint density at radius 3 is 2.21 bits per heavy atom. The lowest BCUT2D eigenvalue weighted by Gasteiger charge is -2.13. The maximum absolute atomic E-state index is 13.7. The lowest BCUT2D eigenvalue weighted by atomic mass is 10.3. The number of sulfonamides is 1. The van der Waals surface area contributed by atoms with Crippen molar-refractivity contribution >= 4 is 32.3 Å². The van der Waals surface area contributed by atoms with Crippen molar-refractivity contribution in [1.82, 2.24) is 4.31 Å². The molecule has 0 unspecified atom stereocenters. The number of hydrogen-bond acceptors (Lipinski definition) is 6. The minimum atomic E-state index is -4.00. The fraction of sp³-hybridized carbons (Fsp3) is 0.222. The molecule has 11 heteroatoms. The number of nitrogens with two attached hydrogens (primary N) is 1. The van der Waals surface area contributed by atoms with E-state index in [2.05, 4.69) is 0 Å². The second-order valence-electron chi connectivity index (χ2n) is 5.95. The summed E-state index contributed by atoms with van der Waals surface area (Å²) in [5, 5.41) is 0. The Morgan fingerprint density at radius 2 is 1.66 bits per heavy atom. The predicted molar refractivity (Wildman–Crippen MR) is 111 cm³/mol. The predicted octanol–water partition coefficient (Wildman–Crippen LogP) is 2.74. The van der Waals surface area contributed by atoms with Gasteiger partial charge in [0.05, 0.1) is 4.90 Å². The minimum Gasteiger partial charge on any atom is -0.456 e. The molecule has 0 spiro atoms. The normalized spacial score (nSPS) is 12.5. The Morgan fingerprint density at radius 1 is 1.07 bits per heavy atom. The molecule has 0 bridgehead atoms. The smallest absolute Gasteiger partial charge is 0.242 e. The molecule has 0 aliphatic heterocycles. The molecule has 0 radical (unpaired) electrons. The summed E-state index contributed by atoms with van der Waals surface area (Å²) in [5.74, 6) is -1.44. The lowest BCUT2D eigenvalue weighted by Crippen LogP contribution is -2.22. The van der Waals surface area contributed by atoms with Crippen molar-refractivity contribution in [2.45, 2.75) is 9.79 Å². The molecule has 2 rings (SSSR count). The van der Waals surface area contributed by atoms with Gasteiger partial charge in [-0.15, -0.1) is 12.4 Å². The van der Waals surface area contributed by atoms with Crippen LogP contribution in [-0.4, -0.2) is 47.5 Å². The van der Waals surface area contributed by atoms with Crippen LogP contribution < -0.4 is 10.5 Å². The number of rotatable bonds is 8. The molecule has 7 nitrogen and oxygen atoms in total. The number of para-hydroxylation sites is 1. The van der Waals surface area contributed by atoms with Crippen molar-refractivity contribution in [3.63, 3.8) is 0 Å². The van der Waals surface area contributed by atoms with Crippen LogP contribution >= 0.6 is 12.4 Å². The van der Waals surface area contributed by atoms with E-state index in [1.165, 1.54) is 56.6 Å². The molecule has 0 aliphatic carbocycles. The largest absolute Gasteiger partial charge is 0.456 e. The van der Waals surface area contributed by atoms with Crippen LogP contribution in [0, 0.1) is 0 Å². The second-order valence-corrected chi connectivity index (χ2v) is 10.1. The van der Waals surface area contributed by atoms with Gasteiger partial charge in [0.15, 0.2) is 9.84 Å². The Kier molecular flexibility index (Phi) is 8.79. The Balaban J connectivity index is 0.00000420. The Bertz CT molecular complexity index is 1070. The van der Waals surface area contributed by atoms with Crippen LogP contribution in [0.3, 0.4) is 0 Å². The standard InChI is InChI=1S/C18H21FN2O5S2.ClH/c1-21(2)28(24,25)16-9-7-15(8-10-16)26-17-5-3-4-6-18(17)27(22,23)13-14(19)11-12-20;/h3-11H,12-13,20H2,1-2H3;1H/b14-11-;. The number of sulfone groups is 1. The zero-order chi connectivity index (χ0) is 20.9. The van der Waals surface area contributed by atoms with E-state index < -0.39 is 31.4 Å². The summed E-state index contributed by atoms with van der Waals surface area (Å²) >= 11 is 0. The van der Waals surface area contributed by atoms with Gasteiger partial charge in [0.25, 0.3) is 0 Å². The van der Waals surface area contributed by atoms with Crippen LogP contribution in [0.5, 0.6) is 11.5 Å². The van der Waals surface area contributed by atoms with Crippen LogP contribution in [0.15, 0.2) is 70.2 Å². The van der Waals surface area contributed by atoms with Crippen molar-refractivity contribution in [2.75, 3.05) is 26.4 Å². The summed E-state index contributed by atoms with van der Waals surface area (Å²) < 4.78 is 69.6. The van der Waals surface area contributed by atoms with Crippen molar-refractivity contribution < 1.29 is 26.0 Å². The molecule has 2 N–H and O–H groups in total. The SMILES string of the molecule is CN(C)S(=O)(=O)c1ccc(Oc2ccccc2S(=O)(=O)C/C(F)=C/CN)cc1.Cl. The van der Waals surface area contributed by atoms with Crippen LogP contribution in [0.25, 0.3) is 0 Å². The number of ether oxygens (including phenoxy) is 1. The summed E-state index contributed by atoms with van der Waals surface area (Å²) in [6.07, 6.45) is 0.991. The van der Waals surface area contributed by atoms with Gasteiger partial charge in [-0.3, -0.25) is 0 Å². The first-order valence-electron chi connectivity index (χ1n) is 8.15. The van der Waals surface area contributed by atoms with Crippen molar-refractivity contribution in [3.8, 4) is 11.5 Å². The van der Waals surface area contributed by atoms with Crippen LogP contribution in [-0.2, 0) is 19.9 Å². The van der Waals surface area contributed by atoms with Gasteiger partial charge in [0.2, 0.25) is 10.0 Å². The molecule has 160 valence electrons. The van der Waals surface area contributed by atoms with Crippen molar-refractivity contribution in [3.05, 3.63) is 60.4 Å². The number of hydrogen-bond donors (Lipinski definition) is 1. The molecule has 0 saturated carbocycles. The first-order chi connectivity index (χ1) is 13.1. The van der Waals surface area contributed by atoms with E-state index in [9.17, 15) is 21.2 Å². The molecule has 0 aliphatic rings. The van der Waals surface area contributed by atoms with E-state index in [0.717, 1.165) is 10.4 Å². The fourth-order valence-electron chi connectivity index (χ4n) is 2.25. The molecular weight excluding hydrogens is 443 g/mol. The molecule has 29 heavy (non-hydrogen) atoms. The number of halogens is 2. The van der Waals surface area contributed by atoms with Gasteiger partial charge in [-0.1, -0.05) is 12.1 Å². The van der Waals surface area contributed by atoms with Gasteiger partial charge < -0.3 is 10.5 Å². The van der Waals surface area contributed by atoms with E-state index in [0.29, 0.717) is 0 Å². The number of nitrogens with zero attached hydrogens (tertiary/aromatic N) is 1. The van der Waals surface area contributed by atoms with Gasteiger partial charge in [-0.05, 0) is 42.5 Å². The molecule has 2 aromatic rings. The van der Waals surface area contributed by atoms with Gasteiger partial charge in [-0.2, -0.15) is 0 Å². The van der Waals surface area contributed by atoms with Crippen molar-refractivity contribution in [1.29, 1.82) is 0 Å². The highest BCUT2D eigenvalue weighted by Gasteiger charge is 2.22. The third-order valence-corrected chi connectivity index (χ3v) is 7.17. The molecule has 0 heterocycles. The van der Waals surface area contributed by atoms with E-state index in [4.69, 9.17) is 10.5 Å². The minimum absolute atomic E-state index is 0. The number of benzene rings is 2. The monoisotopic (exact) mass is 464 g/mol. The lowest BCUT2D eigenvalue weighted by molar-refractivity contribution is 0.466. The first kappa shape index (κ1) is 25.1. The highest BCUT2D eigenvalue weighted by atomic mass is 35.5. The zero-order valence-corrected chi connectivity index (χ0v) is 18.2. The molecular formula is C18H22ClFN2O5S2. The van der Waals surface area contributed by atoms with E-state index >= 15 is 0 Å². The van der Waals surface area contributed by atoms with E-state index in [1.807, 2.05) is 0 Å². The molecule has 2 aromatic carbocycles. The van der Waals surface area contributed by atoms with Crippen molar-refractivity contribution in [2.24, 2.45) is 5.73 Å². The van der Waals surface area contributed by atoms with E-state index in [-0.39, 0.29) is 40.2 Å². The average Bonchev–Trinajstić information content (AvgIpc) is 2.62. The first-order valence-corrected chi connectivity index (χ1v) is 11.2. The Labute approximate surface area is 176 Å². The maximum Gasteiger partial charge on any atom is 0.242 e. The zero-order valence-electron chi connectivity index (χ0n) is 15.8. The fourth-order valence-corrected chi connectivity index (χ4v) is 4.50. The summed E-state index contributed by atoms with van der Waals surface area (Å²) in [4.78, 5) is -0.111.